The molecule has 1 heterocycles. The van der Waals surface area contributed by atoms with Crippen molar-refractivity contribution in [1.82, 2.24) is 9.78 Å². The van der Waals surface area contributed by atoms with Crippen molar-refractivity contribution in [2.45, 2.75) is 13.5 Å². The molecule has 0 fully saturated rings. The Hall–Kier alpha value is -2.17. The summed E-state index contributed by atoms with van der Waals surface area (Å²) in [7, 11) is 3.54. The van der Waals surface area contributed by atoms with E-state index in [0.29, 0.717) is 13.2 Å². The number of aryl methyl sites for hydroxylation is 1. The van der Waals surface area contributed by atoms with Crippen LogP contribution in [-0.2, 0) is 13.6 Å². The molecule has 0 unspecified atom stereocenters. The molecule has 19 heavy (non-hydrogen) atoms. The van der Waals surface area contributed by atoms with E-state index < -0.39 is 0 Å². The Kier molecular flexibility index (Phi) is 4.28. The number of nitrogens with zero attached hydrogens (tertiary/aromatic N) is 2. The molecule has 102 valence electrons. The first kappa shape index (κ1) is 13.3. The van der Waals surface area contributed by atoms with E-state index in [4.69, 9.17) is 9.47 Å². The number of aromatic nitrogens is 2. The predicted octanol–water partition coefficient (Wildman–Crippen LogP) is 2.44. The topological polar surface area (TPSA) is 48.3 Å². The van der Waals surface area contributed by atoms with Crippen LogP contribution in [0.15, 0.2) is 30.6 Å². The van der Waals surface area contributed by atoms with Gasteiger partial charge >= 0.3 is 0 Å². The van der Waals surface area contributed by atoms with Gasteiger partial charge in [-0.1, -0.05) is 6.07 Å². The van der Waals surface area contributed by atoms with Crippen LogP contribution in [0.3, 0.4) is 0 Å². The second-order valence-electron chi connectivity index (χ2n) is 4.17. The Morgan fingerprint density at radius 3 is 2.79 bits per heavy atom. The van der Waals surface area contributed by atoms with Crippen LogP contribution in [0.1, 0.15) is 12.5 Å². The summed E-state index contributed by atoms with van der Waals surface area (Å²) in [6.07, 6.45) is 3.73. The lowest BCUT2D eigenvalue weighted by atomic mass is 10.2. The molecule has 2 rings (SSSR count). The molecule has 0 saturated carbocycles. The van der Waals surface area contributed by atoms with Crippen molar-refractivity contribution < 1.29 is 9.47 Å². The second-order valence-corrected chi connectivity index (χ2v) is 4.17. The van der Waals surface area contributed by atoms with Crippen LogP contribution in [0.25, 0.3) is 0 Å². The van der Waals surface area contributed by atoms with Crippen LogP contribution in [0, 0.1) is 0 Å². The van der Waals surface area contributed by atoms with Gasteiger partial charge in [0.25, 0.3) is 0 Å². The number of nitrogens with one attached hydrogen (secondary N) is 1. The first-order chi connectivity index (χ1) is 9.22. The van der Waals surface area contributed by atoms with Crippen LogP contribution in [0.2, 0.25) is 0 Å². The number of anilines is 1. The minimum absolute atomic E-state index is 0.629. The van der Waals surface area contributed by atoms with E-state index in [9.17, 15) is 0 Å². The lowest BCUT2D eigenvalue weighted by Gasteiger charge is -2.11. The Morgan fingerprint density at radius 1 is 1.32 bits per heavy atom. The molecule has 5 heteroatoms. The summed E-state index contributed by atoms with van der Waals surface area (Å²) in [6, 6.07) is 5.94. The third-order valence-corrected chi connectivity index (χ3v) is 2.73. The molecule has 0 amide bonds. The number of rotatable bonds is 6. The maximum absolute atomic E-state index is 5.49. The lowest BCUT2D eigenvalue weighted by Crippen LogP contribution is -2.00. The summed E-state index contributed by atoms with van der Waals surface area (Å²) in [5.41, 5.74) is 2.12. The molecule has 0 aliphatic rings. The SMILES string of the molecule is CCOc1ccc(CNc2cnn(C)c2)cc1OC. The Balaban J connectivity index is 2.04. The summed E-state index contributed by atoms with van der Waals surface area (Å²) in [4.78, 5) is 0. The maximum Gasteiger partial charge on any atom is 0.161 e. The summed E-state index contributed by atoms with van der Waals surface area (Å²) in [5, 5.41) is 7.42. The van der Waals surface area contributed by atoms with E-state index in [2.05, 4.69) is 10.4 Å². The Labute approximate surface area is 113 Å². The van der Waals surface area contributed by atoms with E-state index >= 15 is 0 Å². The van der Waals surface area contributed by atoms with E-state index in [-0.39, 0.29) is 0 Å². The zero-order valence-corrected chi connectivity index (χ0v) is 11.5. The molecule has 0 aliphatic carbocycles. The molecule has 2 aromatic rings. The van der Waals surface area contributed by atoms with Gasteiger partial charge in [0.05, 0.1) is 25.6 Å². The minimum Gasteiger partial charge on any atom is -0.493 e. The number of methoxy groups -OCH3 is 1. The molecule has 0 aliphatic heterocycles. The molecule has 1 aromatic heterocycles. The van der Waals surface area contributed by atoms with Gasteiger partial charge in [-0.3, -0.25) is 4.68 Å². The fourth-order valence-corrected chi connectivity index (χ4v) is 1.81. The fourth-order valence-electron chi connectivity index (χ4n) is 1.81. The normalized spacial score (nSPS) is 10.3. The highest BCUT2D eigenvalue weighted by Crippen LogP contribution is 2.28. The third kappa shape index (κ3) is 3.40. The van der Waals surface area contributed by atoms with Crippen LogP contribution < -0.4 is 14.8 Å². The number of hydrogen-bond acceptors (Lipinski definition) is 4. The average molecular weight is 261 g/mol. The van der Waals surface area contributed by atoms with Crippen molar-refractivity contribution in [2.24, 2.45) is 7.05 Å². The molecule has 1 aromatic carbocycles. The largest absolute Gasteiger partial charge is 0.493 e. The molecule has 0 spiro atoms. The second kappa shape index (κ2) is 6.13. The average Bonchev–Trinajstić information content (AvgIpc) is 2.83. The van der Waals surface area contributed by atoms with Gasteiger partial charge < -0.3 is 14.8 Å². The van der Waals surface area contributed by atoms with E-state index in [1.54, 1.807) is 18.0 Å². The monoisotopic (exact) mass is 261 g/mol. The maximum atomic E-state index is 5.49. The van der Waals surface area contributed by atoms with E-state index in [1.807, 2.05) is 38.4 Å². The molecule has 0 atom stereocenters. The van der Waals surface area contributed by atoms with Crippen LogP contribution in [-0.4, -0.2) is 23.5 Å². The molecular weight excluding hydrogens is 242 g/mol. The third-order valence-electron chi connectivity index (χ3n) is 2.73. The molecule has 0 bridgehead atoms. The van der Waals surface area contributed by atoms with Crippen LogP contribution in [0.4, 0.5) is 5.69 Å². The van der Waals surface area contributed by atoms with Crippen molar-refractivity contribution in [3.05, 3.63) is 36.2 Å². The molecule has 1 N–H and O–H groups in total. The van der Waals surface area contributed by atoms with Crippen LogP contribution in [0.5, 0.6) is 11.5 Å². The highest BCUT2D eigenvalue weighted by Gasteiger charge is 2.05. The Morgan fingerprint density at radius 2 is 2.16 bits per heavy atom. The highest BCUT2D eigenvalue weighted by molar-refractivity contribution is 5.45. The zero-order valence-electron chi connectivity index (χ0n) is 11.5. The van der Waals surface area contributed by atoms with Crippen molar-refractivity contribution in [2.75, 3.05) is 19.0 Å². The Bertz CT molecular complexity index is 537. The molecule has 0 saturated heterocycles. The smallest absolute Gasteiger partial charge is 0.161 e. The predicted molar refractivity (Wildman–Crippen MR) is 74.7 cm³/mol. The van der Waals surface area contributed by atoms with Gasteiger partial charge in [-0.05, 0) is 24.6 Å². The quantitative estimate of drug-likeness (QED) is 0.867. The van der Waals surface area contributed by atoms with Gasteiger partial charge in [0.1, 0.15) is 0 Å². The summed E-state index contributed by atoms with van der Waals surface area (Å²) in [5.74, 6) is 1.53. The van der Waals surface area contributed by atoms with Gasteiger partial charge in [0.2, 0.25) is 0 Å². The molecular formula is C14H19N3O2. The summed E-state index contributed by atoms with van der Waals surface area (Å²) >= 11 is 0. The van der Waals surface area contributed by atoms with Gasteiger partial charge in [-0.25, -0.2) is 0 Å². The van der Waals surface area contributed by atoms with Crippen molar-refractivity contribution >= 4 is 5.69 Å². The van der Waals surface area contributed by atoms with E-state index in [1.165, 1.54) is 0 Å². The van der Waals surface area contributed by atoms with Crippen LogP contribution >= 0.6 is 0 Å². The summed E-state index contributed by atoms with van der Waals surface area (Å²) < 4.78 is 12.6. The number of ether oxygens (including phenoxy) is 2. The van der Waals surface area contributed by atoms with Crippen molar-refractivity contribution in [1.29, 1.82) is 0 Å². The van der Waals surface area contributed by atoms with Crippen molar-refractivity contribution in [3.63, 3.8) is 0 Å². The fraction of sp³-hybridized carbons (Fsp3) is 0.357. The zero-order chi connectivity index (χ0) is 13.7. The first-order valence-electron chi connectivity index (χ1n) is 6.25. The lowest BCUT2D eigenvalue weighted by molar-refractivity contribution is 0.310. The van der Waals surface area contributed by atoms with E-state index in [0.717, 1.165) is 22.7 Å². The molecule has 5 nitrogen and oxygen atoms in total. The standard InChI is InChI=1S/C14H19N3O2/c1-4-19-13-6-5-11(7-14(13)18-3)8-15-12-9-16-17(2)10-12/h5-7,9-10,15H,4,8H2,1-3H3. The van der Waals surface area contributed by atoms with Gasteiger partial charge in [-0.2, -0.15) is 5.10 Å². The molecule has 0 radical (unpaired) electrons. The number of benzene rings is 1. The first-order valence-corrected chi connectivity index (χ1v) is 6.25. The minimum atomic E-state index is 0.629. The summed E-state index contributed by atoms with van der Waals surface area (Å²) in [6.45, 7) is 3.30. The van der Waals surface area contributed by atoms with Gasteiger partial charge in [0, 0.05) is 19.8 Å². The highest BCUT2D eigenvalue weighted by atomic mass is 16.5. The van der Waals surface area contributed by atoms with Gasteiger partial charge in [-0.15, -0.1) is 0 Å². The number of hydrogen-bond donors (Lipinski definition) is 1. The van der Waals surface area contributed by atoms with Gasteiger partial charge in [0.15, 0.2) is 11.5 Å². The van der Waals surface area contributed by atoms with Crippen molar-refractivity contribution in [3.8, 4) is 11.5 Å².